The van der Waals surface area contributed by atoms with Crippen molar-refractivity contribution in [2.75, 3.05) is 26.9 Å². The first kappa shape index (κ1) is 12.6. The Morgan fingerprint density at radius 3 is 2.80 bits per heavy atom. The van der Waals surface area contributed by atoms with E-state index >= 15 is 0 Å². The molecule has 3 N–H and O–H groups in total. The largest absolute Gasteiger partial charge is 0.382 e. The number of thiophene rings is 1. The lowest BCUT2D eigenvalue weighted by molar-refractivity contribution is 0.0590. The van der Waals surface area contributed by atoms with Crippen LogP contribution in [0.1, 0.15) is 15.8 Å². The van der Waals surface area contributed by atoms with Gasteiger partial charge in [0.2, 0.25) is 0 Å². The van der Waals surface area contributed by atoms with Crippen molar-refractivity contribution in [1.82, 2.24) is 5.43 Å². The number of nitrogens with two attached hydrogens (primary N) is 1. The highest BCUT2D eigenvalue weighted by atomic mass is 32.1. The van der Waals surface area contributed by atoms with E-state index in [1.807, 2.05) is 0 Å². The molecule has 0 aliphatic rings. The van der Waals surface area contributed by atoms with E-state index in [1.165, 1.54) is 9.75 Å². The predicted octanol–water partition coefficient (Wildman–Crippen LogP) is 1.22. The Morgan fingerprint density at radius 1 is 1.47 bits per heavy atom. The van der Waals surface area contributed by atoms with Crippen LogP contribution in [0.15, 0.2) is 12.1 Å². The van der Waals surface area contributed by atoms with Crippen LogP contribution in [0.2, 0.25) is 0 Å². The second-order valence-corrected chi connectivity index (χ2v) is 4.55. The van der Waals surface area contributed by atoms with E-state index in [9.17, 15) is 0 Å². The quantitative estimate of drug-likeness (QED) is 0.420. The number of aryl methyl sites for hydroxylation is 1. The first-order valence-electron chi connectivity index (χ1n) is 4.87. The van der Waals surface area contributed by atoms with Gasteiger partial charge in [-0.05, 0) is 19.1 Å². The molecular formula is C10H18N2O2S. The zero-order valence-electron chi connectivity index (χ0n) is 9.16. The third kappa shape index (κ3) is 4.27. The standard InChI is InChI=1S/C10H18N2O2S/c1-8-3-4-10(15-8)9(12-11)7-14-6-5-13-2/h3-4,9,12H,5-7,11H2,1-2H3. The molecule has 5 heteroatoms. The SMILES string of the molecule is COCCOCC(NN)c1ccc(C)s1. The number of hydrogen-bond acceptors (Lipinski definition) is 5. The zero-order chi connectivity index (χ0) is 11.1. The van der Waals surface area contributed by atoms with Crippen molar-refractivity contribution < 1.29 is 9.47 Å². The lowest BCUT2D eigenvalue weighted by Gasteiger charge is -2.14. The summed E-state index contributed by atoms with van der Waals surface area (Å²) in [7, 11) is 1.66. The minimum atomic E-state index is 0.0700. The van der Waals surface area contributed by atoms with Crippen LogP contribution in [0, 0.1) is 6.92 Å². The summed E-state index contributed by atoms with van der Waals surface area (Å²) in [6.07, 6.45) is 0. The molecule has 0 saturated carbocycles. The minimum absolute atomic E-state index is 0.0700. The van der Waals surface area contributed by atoms with Gasteiger partial charge in [-0.15, -0.1) is 11.3 Å². The number of ether oxygens (including phenoxy) is 2. The van der Waals surface area contributed by atoms with Crippen molar-refractivity contribution in [2.24, 2.45) is 5.84 Å². The Bertz CT molecular complexity index is 278. The van der Waals surface area contributed by atoms with Crippen LogP contribution < -0.4 is 11.3 Å². The van der Waals surface area contributed by atoms with Crippen molar-refractivity contribution in [3.63, 3.8) is 0 Å². The molecule has 1 unspecified atom stereocenters. The average Bonchev–Trinajstić information content (AvgIpc) is 2.65. The van der Waals surface area contributed by atoms with Gasteiger partial charge in [0.25, 0.3) is 0 Å². The highest BCUT2D eigenvalue weighted by molar-refractivity contribution is 7.12. The van der Waals surface area contributed by atoms with E-state index in [0.29, 0.717) is 19.8 Å². The summed E-state index contributed by atoms with van der Waals surface area (Å²) in [6, 6.07) is 4.23. The molecule has 1 aromatic rings. The van der Waals surface area contributed by atoms with Crippen LogP contribution in [0.4, 0.5) is 0 Å². The lowest BCUT2D eigenvalue weighted by Crippen LogP contribution is -2.31. The van der Waals surface area contributed by atoms with Gasteiger partial charge in [-0.3, -0.25) is 5.84 Å². The minimum Gasteiger partial charge on any atom is -0.382 e. The molecule has 0 fully saturated rings. The van der Waals surface area contributed by atoms with Crippen LogP contribution >= 0.6 is 11.3 Å². The van der Waals surface area contributed by atoms with Gasteiger partial charge in [0.05, 0.1) is 25.9 Å². The van der Waals surface area contributed by atoms with Gasteiger partial charge in [0, 0.05) is 16.9 Å². The molecule has 0 amide bonds. The molecule has 0 radical (unpaired) electrons. The summed E-state index contributed by atoms with van der Waals surface area (Å²) in [5, 5.41) is 0. The van der Waals surface area contributed by atoms with Gasteiger partial charge in [0.15, 0.2) is 0 Å². The van der Waals surface area contributed by atoms with E-state index in [1.54, 1.807) is 18.4 Å². The maximum atomic E-state index is 5.47. The molecule has 4 nitrogen and oxygen atoms in total. The number of rotatable bonds is 7. The van der Waals surface area contributed by atoms with Gasteiger partial charge in [-0.2, -0.15) is 0 Å². The molecule has 0 bridgehead atoms. The summed E-state index contributed by atoms with van der Waals surface area (Å²) in [5.41, 5.74) is 2.75. The zero-order valence-corrected chi connectivity index (χ0v) is 9.97. The van der Waals surface area contributed by atoms with Gasteiger partial charge in [0.1, 0.15) is 0 Å². The highest BCUT2D eigenvalue weighted by Gasteiger charge is 2.11. The van der Waals surface area contributed by atoms with E-state index in [-0.39, 0.29) is 6.04 Å². The monoisotopic (exact) mass is 230 g/mol. The number of methoxy groups -OCH3 is 1. The summed E-state index contributed by atoms with van der Waals surface area (Å²) < 4.78 is 10.3. The van der Waals surface area contributed by atoms with E-state index in [4.69, 9.17) is 15.3 Å². The molecule has 1 heterocycles. The first-order valence-corrected chi connectivity index (χ1v) is 5.68. The van der Waals surface area contributed by atoms with E-state index < -0.39 is 0 Å². The van der Waals surface area contributed by atoms with Gasteiger partial charge >= 0.3 is 0 Å². The molecule has 0 spiro atoms. The van der Waals surface area contributed by atoms with Gasteiger partial charge in [-0.1, -0.05) is 0 Å². The Kier molecular flexibility index (Phi) is 5.82. The molecule has 0 aromatic carbocycles. The molecule has 15 heavy (non-hydrogen) atoms. The molecule has 1 atom stereocenters. The van der Waals surface area contributed by atoms with Crippen molar-refractivity contribution in [3.8, 4) is 0 Å². The Hall–Kier alpha value is -0.460. The molecule has 0 aliphatic carbocycles. The summed E-state index contributed by atoms with van der Waals surface area (Å²) in [6.45, 7) is 3.85. The third-order valence-corrected chi connectivity index (χ3v) is 3.14. The van der Waals surface area contributed by atoms with Gasteiger partial charge < -0.3 is 9.47 Å². The van der Waals surface area contributed by atoms with Crippen molar-refractivity contribution in [1.29, 1.82) is 0 Å². The topological polar surface area (TPSA) is 56.5 Å². The van der Waals surface area contributed by atoms with Crippen LogP contribution in [0.25, 0.3) is 0 Å². The summed E-state index contributed by atoms with van der Waals surface area (Å²) in [4.78, 5) is 2.48. The smallest absolute Gasteiger partial charge is 0.0786 e. The fourth-order valence-corrected chi connectivity index (χ4v) is 2.12. The number of nitrogens with one attached hydrogen (secondary N) is 1. The second-order valence-electron chi connectivity index (χ2n) is 3.24. The second kappa shape index (κ2) is 6.92. The molecule has 0 saturated heterocycles. The molecule has 1 rings (SSSR count). The maximum Gasteiger partial charge on any atom is 0.0786 e. The van der Waals surface area contributed by atoms with Gasteiger partial charge in [-0.25, -0.2) is 5.43 Å². The Morgan fingerprint density at radius 2 is 2.27 bits per heavy atom. The molecular weight excluding hydrogens is 212 g/mol. The first-order chi connectivity index (χ1) is 7.27. The number of hydrazine groups is 1. The summed E-state index contributed by atoms with van der Waals surface area (Å²) >= 11 is 1.73. The Balaban J connectivity index is 2.35. The van der Waals surface area contributed by atoms with Crippen LogP contribution in [0.3, 0.4) is 0 Å². The van der Waals surface area contributed by atoms with Crippen molar-refractivity contribution >= 4 is 11.3 Å². The highest BCUT2D eigenvalue weighted by Crippen LogP contribution is 2.22. The summed E-state index contributed by atoms with van der Waals surface area (Å²) in [5.74, 6) is 5.47. The van der Waals surface area contributed by atoms with Crippen molar-refractivity contribution in [3.05, 3.63) is 21.9 Å². The normalized spacial score (nSPS) is 13.0. The van der Waals surface area contributed by atoms with Crippen LogP contribution in [-0.2, 0) is 9.47 Å². The predicted molar refractivity (Wildman–Crippen MR) is 61.8 cm³/mol. The van der Waals surface area contributed by atoms with E-state index in [2.05, 4.69) is 24.5 Å². The number of hydrogen-bond donors (Lipinski definition) is 2. The average molecular weight is 230 g/mol. The fourth-order valence-electron chi connectivity index (χ4n) is 1.20. The van der Waals surface area contributed by atoms with Crippen molar-refractivity contribution in [2.45, 2.75) is 13.0 Å². The fraction of sp³-hybridized carbons (Fsp3) is 0.600. The molecule has 1 aromatic heterocycles. The third-order valence-electron chi connectivity index (χ3n) is 2.02. The maximum absolute atomic E-state index is 5.47. The van der Waals surface area contributed by atoms with Crippen LogP contribution in [0.5, 0.6) is 0 Å². The molecule has 86 valence electrons. The van der Waals surface area contributed by atoms with E-state index in [0.717, 1.165) is 0 Å². The molecule has 0 aliphatic heterocycles. The Labute approximate surface area is 94.3 Å². The lowest BCUT2D eigenvalue weighted by atomic mass is 10.2. The van der Waals surface area contributed by atoms with Crippen LogP contribution in [-0.4, -0.2) is 26.9 Å².